The minimum absolute atomic E-state index is 0.104. The molecule has 158 valence electrons. The first-order valence-electron chi connectivity index (χ1n) is 9.13. The lowest BCUT2D eigenvalue weighted by Crippen LogP contribution is -2.40. The Bertz CT molecular complexity index is 993. The van der Waals surface area contributed by atoms with Crippen molar-refractivity contribution in [1.82, 2.24) is 4.72 Å². The molecule has 1 aromatic heterocycles. The second-order valence-corrected chi connectivity index (χ2v) is 10.9. The van der Waals surface area contributed by atoms with Crippen LogP contribution in [0.3, 0.4) is 0 Å². The number of benzene rings is 1. The molecule has 0 atom stereocenters. The predicted molar refractivity (Wildman–Crippen MR) is 118 cm³/mol. The van der Waals surface area contributed by atoms with E-state index in [1.807, 2.05) is 17.8 Å². The van der Waals surface area contributed by atoms with Crippen molar-refractivity contribution in [3.05, 3.63) is 41.1 Å². The van der Waals surface area contributed by atoms with Gasteiger partial charge in [0.05, 0.1) is 10.7 Å². The van der Waals surface area contributed by atoms with E-state index in [9.17, 15) is 13.2 Å². The van der Waals surface area contributed by atoms with Gasteiger partial charge in [-0.1, -0.05) is 11.6 Å². The average Bonchev–Trinajstić information content (AvgIpc) is 3.12. The Labute approximate surface area is 180 Å². The number of amides is 1. The highest BCUT2D eigenvalue weighted by atomic mass is 35.5. The standard InChI is InChI=1S/C19H24ClN3O4S2/c1-19(2,3)22-29(25,26)17-7-6-16(27-17)18(24)21-13-4-5-15(14(20)12-13)23-8-10-28-11-9-23/h4-7,12,22H,8-11H2,1-3H3,(H,21,24). The molecule has 2 heterocycles. The summed E-state index contributed by atoms with van der Waals surface area (Å²) in [5.74, 6) is 1.46. The number of carbonyl (C=O) groups excluding carboxylic acids is 1. The zero-order chi connectivity index (χ0) is 21.2. The third kappa shape index (κ3) is 5.69. The Morgan fingerprint density at radius 2 is 1.86 bits per heavy atom. The van der Waals surface area contributed by atoms with E-state index < -0.39 is 21.5 Å². The SMILES string of the molecule is CC(C)(C)NS(=O)(=O)c1ccc(C(=O)Nc2ccc(N3CCSCC3)c(Cl)c2)o1. The van der Waals surface area contributed by atoms with Crippen molar-refractivity contribution in [3.63, 3.8) is 0 Å². The zero-order valence-corrected chi connectivity index (χ0v) is 18.9. The molecule has 0 unspecified atom stereocenters. The molecule has 1 aromatic carbocycles. The first-order chi connectivity index (χ1) is 13.5. The lowest BCUT2D eigenvalue weighted by molar-refractivity contribution is 0.0991. The quantitative estimate of drug-likeness (QED) is 0.709. The first-order valence-corrected chi connectivity index (χ1v) is 12.1. The monoisotopic (exact) mass is 457 g/mol. The summed E-state index contributed by atoms with van der Waals surface area (Å²) in [7, 11) is -3.85. The Morgan fingerprint density at radius 1 is 1.17 bits per heavy atom. The van der Waals surface area contributed by atoms with Gasteiger partial charge < -0.3 is 14.6 Å². The van der Waals surface area contributed by atoms with Crippen molar-refractivity contribution >= 4 is 50.7 Å². The maximum atomic E-state index is 12.5. The van der Waals surface area contributed by atoms with Gasteiger partial charge in [-0.2, -0.15) is 11.8 Å². The third-order valence-electron chi connectivity index (χ3n) is 4.07. The number of nitrogens with one attached hydrogen (secondary N) is 2. The van der Waals surface area contributed by atoms with Crippen LogP contribution in [0.25, 0.3) is 0 Å². The van der Waals surface area contributed by atoms with Crippen molar-refractivity contribution in [1.29, 1.82) is 0 Å². The molecule has 0 bridgehead atoms. The summed E-state index contributed by atoms with van der Waals surface area (Å²) in [6.45, 7) is 7.02. The summed E-state index contributed by atoms with van der Waals surface area (Å²) in [5, 5.41) is 2.92. The van der Waals surface area contributed by atoms with E-state index in [2.05, 4.69) is 14.9 Å². The highest BCUT2D eigenvalue weighted by Gasteiger charge is 2.26. The van der Waals surface area contributed by atoms with Gasteiger partial charge in [0.25, 0.3) is 15.9 Å². The van der Waals surface area contributed by atoms with Crippen LogP contribution in [0.15, 0.2) is 39.8 Å². The van der Waals surface area contributed by atoms with Gasteiger partial charge in [0.15, 0.2) is 5.76 Å². The van der Waals surface area contributed by atoms with Gasteiger partial charge in [-0.05, 0) is 51.1 Å². The van der Waals surface area contributed by atoms with Gasteiger partial charge >= 0.3 is 0 Å². The van der Waals surface area contributed by atoms with Crippen LogP contribution in [0.5, 0.6) is 0 Å². The van der Waals surface area contributed by atoms with Gasteiger partial charge in [0.2, 0.25) is 5.09 Å². The predicted octanol–water partition coefficient (Wildman–Crippen LogP) is 3.82. The normalized spacial score (nSPS) is 15.4. The summed E-state index contributed by atoms with van der Waals surface area (Å²) in [6.07, 6.45) is 0. The number of furan rings is 1. The van der Waals surface area contributed by atoms with Gasteiger partial charge in [-0.15, -0.1) is 0 Å². The third-order valence-corrected chi connectivity index (χ3v) is 6.94. The fourth-order valence-corrected chi connectivity index (χ4v) is 5.43. The van der Waals surface area contributed by atoms with E-state index in [-0.39, 0.29) is 10.9 Å². The number of hydrogen-bond acceptors (Lipinski definition) is 6. The highest BCUT2D eigenvalue weighted by molar-refractivity contribution is 7.99. The smallest absolute Gasteiger partial charge is 0.291 e. The van der Waals surface area contributed by atoms with Crippen LogP contribution in [0, 0.1) is 0 Å². The molecular weight excluding hydrogens is 434 g/mol. The molecule has 2 aromatic rings. The van der Waals surface area contributed by atoms with Crippen LogP contribution in [0.4, 0.5) is 11.4 Å². The molecule has 1 fully saturated rings. The number of rotatable bonds is 5. The lowest BCUT2D eigenvalue weighted by Gasteiger charge is -2.29. The van der Waals surface area contributed by atoms with E-state index in [1.165, 1.54) is 12.1 Å². The molecule has 1 aliphatic heterocycles. The number of carbonyl (C=O) groups is 1. The summed E-state index contributed by atoms with van der Waals surface area (Å²) in [4.78, 5) is 14.7. The van der Waals surface area contributed by atoms with Crippen LogP contribution in [0.2, 0.25) is 5.02 Å². The van der Waals surface area contributed by atoms with Crippen LogP contribution in [-0.4, -0.2) is 44.5 Å². The van der Waals surface area contributed by atoms with E-state index in [4.69, 9.17) is 16.0 Å². The van der Waals surface area contributed by atoms with E-state index in [0.717, 1.165) is 30.3 Å². The molecule has 1 amide bonds. The number of hydrogen-bond donors (Lipinski definition) is 2. The molecule has 0 spiro atoms. The number of anilines is 2. The van der Waals surface area contributed by atoms with E-state index in [0.29, 0.717) is 10.7 Å². The minimum atomic E-state index is -3.85. The van der Waals surface area contributed by atoms with Gasteiger partial charge in [-0.3, -0.25) is 4.79 Å². The van der Waals surface area contributed by atoms with Crippen molar-refractivity contribution in [3.8, 4) is 0 Å². The van der Waals surface area contributed by atoms with Gasteiger partial charge in [0, 0.05) is 35.8 Å². The average molecular weight is 458 g/mol. The summed E-state index contributed by atoms with van der Waals surface area (Å²) >= 11 is 8.32. The van der Waals surface area contributed by atoms with Crippen molar-refractivity contribution in [2.24, 2.45) is 0 Å². The fraction of sp³-hybridized carbons (Fsp3) is 0.421. The topological polar surface area (TPSA) is 91.6 Å². The molecule has 7 nitrogen and oxygen atoms in total. The molecule has 10 heteroatoms. The Morgan fingerprint density at radius 3 is 2.48 bits per heavy atom. The molecule has 0 saturated carbocycles. The summed E-state index contributed by atoms with van der Waals surface area (Å²) < 4.78 is 32.4. The molecule has 2 N–H and O–H groups in total. The molecule has 0 aliphatic carbocycles. The Hall–Kier alpha value is -1.68. The number of nitrogens with zero attached hydrogens (tertiary/aromatic N) is 1. The second kappa shape index (κ2) is 8.59. The van der Waals surface area contributed by atoms with E-state index in [1.54, 1.807) is 32.9 Å². The molecule has 1 saturated heterocycles. The Balaban J connectivity index is 1.71. The first kappa shape index (κ1) is 22.0. The van der Waals surface area contributed by atoms with Crippen LogP contribution in [0.1, 0.15) is 31.3 Å². The van der Waals surface area contributed by atoms with Gasteiger partial charge in [0.1, 0.15) is 0 Å². The van der Waals surface area contributed by atoms with Crippen LogP contribution in [-0.2, 0) is 10.0 Å². The Kier molecular flexibility index (Phi) is 6.52. The number of sulfonamides is 1. The maximum absolute atomic E-state index is 12.5. The minimum Gasteiger partial charge on any atom is -0.438 e. The second-order valence-electron chi connectivity index (χ2n) is 7.69. The molecule has 0 radical (unpaired) electrons. The molecule has 29 heavy (non-hydrogen) atoms. The van der Waals surface area contributed by atoms with Crippen molar-refractivity contribution in [2.45, 2.75) is 31.4 Å². The number of thioether (sulfide) groups is 1. The molecule has 1 aliphatic rings. The van der Waals surface area contributed by atoms with Crippen LogP contribution >= 0.6 is 23.4 Å². The highest BCUT2D eigenvalue weighted by Crippen LogP contribution is 2.31. The fourth-order valence-electron chi connectivity index (χ4n) is 2.88. The molecule has 3 rings (SSSR count). The van der Waals surface area contributed by atoms with Crippen LogP contribution < -0.4 is 14.9 Å². The number of halogens is 1. The zero-order valence-electron chi connectivity index (χ0n) is 16.5. The lowest BCUT2D eigenvalue weighted by atomic mass is 10.1. The summed E-state index contributed by atoms with van der Waals surface area (Å²) in [6, 6.07) is 7.90. The summed E-state index contributed by atoms with van der Waals surface area (Å²) in [5.41, 5.74) is 0.771. The van der Waals surface area contributed by atoms with Crippen molar-refractivity contribution < 1.29 is 17.6 Å². The molecular formula is C19H24ClN3O4S2. The van der Waals surface area contributed by atoms with Crippen molar-refractivity contribution in [2.75, 3.05) is 34.8 Å². The van der Waals surface area contributed by atoms with E-state index >= 15 is 0 Å². The van der Waals surface area contributed by atoms with Gasteiger partial charge in [-0.25, -0.2) is 13.1 Å². The maximum Gasteiger partial charge on any atom is 0.291 e. The largest absolute Gasteiger partial charge is 0.438 e.